The van der Waals surface area contributed by atoms with Crippen molar-refractivity contribution in [2.24, 2.45) is 4.99 Å². The highest BCUT2D eigenvalue weighted by Gasteiger charge is 2.25. The summed E-state index contributed by atoms with van der Waals surface area (Å²) in [6.07, 6.45) is 3.52. The third-order valence-corrected chi connectivity index (χ3v) is 5.55. The molecule has 9 nitrogen and oxygen atoms in total. The molecule has 3 heterocycles. The summed E-state index contributed by atoms with van der Waals surface area (Å²) in [6.45, 7) is 15.2. The molecule has 0 atom stereocenters. The van der Waals surface area contributed by atoms with Gasteiger partial charge in [0, 0.05) is 51.2 Å². The molecule has 30 heavy (non-hydrogen) atoms. The lowest BCUT2D eigenvalue weighted by atomic mass is 9.97. The smallest absolute Gasteiger partial charge is 0.236 e. The van der Waals surface area contributed by atoms with Gasteiger partial charge in [-0.15, -0.1) is 0 Å². The summed E-state index contributed by atoms with van der Waals surface area (Å²) in [5, 5.41) is 7.42. The summed E-state index contributed by atoms with van der Waals surface area (Å²) < 4.78 is 5.36. The molecule has 2 aliphatic heterocycles. The van der Waals surface area contributed by atoms with Gasteiger partial charge in [0.2, 0.25) is 11.8 Å². The van der Waals surface area contributed by atoms with Crippen LogP contribution >= 0.6 is 0 Å². The standard InChI is InChI=1S/C21H37N7O2/c1-5-22-20(23-15-17-24-19(30-25-17)21(2,3)4)28-13-11-26(12-14-28)16-18(29)27-9-7-6-8-10-27/h5-16H2,1-4H3,(H,22,23). The Morgan fingerprint density at radius 3 is 2.37 bits per heavy atom. The maximum absolute atomic E-state index is 12.5. The van der Waals surface area contributed by atoms with Gasteiger partial charge in [0.15, 0.2) is 11.8 Å². The molecule has 1 aromatic heterocycles. The minimum Gasteiger partial charge on any atom is -0.357 e. The number of aromatic nitrogens is 2. The molecule has 0 unspecified atom stereocenters. The van der Waals surface area contributed by atoms with E-state index in [0.29, 0.717) is 24.8 Å². The molecule has 2 fully saturated rings. The predicted octanol–water partition coefficient (Wildman–Crippen LogP) is 1.46. The number of likely N-dealkylation sites (tertiary alicyclic amines) is 1. The van der Waals surface area contributed by atoms with Crippen LogP contribution < -0.4 is 5.32 Å². The summed E-state index contributed by atoms with van der Waals surface area (Å²) in [7, 11) is 0. The lowest BCUT2D eigenvalue weighted by Crippen LogP contribution is -2.54. The molecule has 1 aromatic rings. The fraction of sp³-hybridized carbons (Fsp3) is 0.810. The van der Waals surface area contributed by atoms with E-state index in [-0.39, 0.29) is 11.3 Å². The van der Waals surface area contributed by atoms with Crippen LogP contribution in [0.1, 0.15) is 58.7 Å². The van der Waals surface area contributed by atoms with Gasteiger partial charge in [-0.05, 0) is 26.2 Å². The number of piperidine rings is 1. The number of amides is 1. The Bertz CT molecular complexity index is 711. The second-order valence-electron chi connectivity index (χ2n) is 9.14. The van der Waals surface area contributed by atoms with Gasteiger partial charge in [0.25, 0.3) is 0 Å². The normalized spacial score (nSPS) is 19.3. The van der Waals surface area contributed by atoms with E-state index in [2.05, 4.69) is 32.2 Å². The zero-order valence-electron chi connectivity index (χ0n) is 19.0. The van der Waals surface area contributed by atoms with Crippen molar-refractivity contribution in [3.63, 3.8) is 0 Å². The van der Waals surface area contributed by atoms with E-state index < -0.39 is 0 Å². The second kappa shape index (κ2) is 10.2. The Hall–Kier alpha value is -2.16. The van der Waals surface area contributed by atoms with E-state index in [9.17, 15) is 4.79 Å². The Balaban J connectivity index is 1.51. The maximum Gasteiger partial charge on any atom is 0.236 e. The number of carbonyl (C=O) groups excluding carboxylic acids is 1. The van der Waals surface area contributed by atoms with Gasteiger partial charge in [-0.25, -0.2) is 4.99 Å². The summed E-state index contributed by atoms with van der Waals surface area (Å²) in [6, 6.07) is 0. The number of piperazine rings is 1. The largest absolute Gasteiger partial charge is 0.357 e. The predicted molar refractivity (Wildman–Crippen MR) is 116 cm³/mol. The summed E-state index contributed by atoms with van der Waals surface area (Å²) in [4.78, 5) is 28.2. The SMILES string of the molecule is CCNC(=NCc1noc(C(C)(C)C)n1)N1CCN(CC(=O)N2CCCCC2)CC1. The van der Waals surface area contributed by atoms with Gasteiger partial charge in [0.1, 0.15) is 6.54 Å². The molecule has 3 rings (SSSR count). The number of nitrogens with zero attached hydrogens (tertiary/aromatic N) is 6. The van der Waals surface area contributed by atoms with E-state index in [1.807, 2.05) is 25.7 Å². The highest BCUT2D eigenvalue weighted by molar-refractivity contribution is 5.80. The maximum atomic E-state index is 12.5. The zero-order chi connectivity index (χ0) is 21.6. The van der Waals surface area contributed by atoms with E-state index in [1.165, 1.54) is 6.42 Å². The third kappa shape index (κ3) is 6.17. The van der Waals surface area contributed by atoms with Crippen LogP contribution in [0.3, 0.4) is 0 Å². The van der Waals surface area contributed by atoms with Crippen molar-refractivity contribution in [1.29, 1.82) is 0 Å². The molecule has 1 N–H and O–H groups in total. The topological polar surface area (TPSA) is 90.1 Å². The summed E-state index contributed by atoms with van der Waals surface area (Å²) >= 11 is 0. The highest BCUT2D eigenvalue weighted by Crippen LogP contribution is 2.19. The molecule has 0 aromatic carbocycles. The number of hydrogen-bond donors (Lipinski definition) is 1. The molecule has 0 radical (unpaired) electrons. The van der Waals surface area contributed by atoms with Crippen molar-refractivity contribution in [3.05, 3.63) is 11.7 Å². The molecule has 0 bridgehead atoms. The number of nitrogens with one attached hydrogen (secondary N) is 1. The average Bonchev–Trinajstić information content (AvgIpc) is 3.22. The van der Waals surface area contributed by atoms with Gasteiger partial charge in [-0.1, -0.05) is 25.9 Å². The lowest BCUT2D eigenvalue weighted by molar-refractivity contribution is -0.133. The Kier molecular flexibility index (Phi) is 7.69. The summed E-state index contributed by atoms with van der Waals surface area (Å²) in [5.41, 5.74) is -0.165. The minimum atomic E-state index is -0.165. The molecule has 0 aliphatic carbocycles. The lowest BCUT2D eigenvalue weighted by Gasteiger charge is -2.37. The van der Waals surface area contributed by atoms with E-state index in [0.717, 1.165) is 64.6 Å². The fourth-order valence-electron chi connectivity index (χ4n) is 3.75. The Labute approximate surface area is 179 Å². The van der Waals surface area contributed by atoms with Crippen LogP contribution in [0, 0.1) is 0 Å². The molecular weight excluding hydrogens is 382 g/mol. The van der Waals surface area contributed by atoms with Crippen molar-refractivity contribution in [2.75, 3.05) is 52.4 Å². The molecule has 2 saturated heterocycles. The number of aliphatic imine (C=N–C) groups is 1. The van der Waals surface area contributed by atoms with Crippen molar-refractivity contribution in [3.8, 4) is 0 Å². The average molecular weight is 420 g/mol. The number of hydrogen-bond acceptors (Lipinski definition) is 6. The third-order valence-electron chi connectivity index (χ3n) is 5.55. The van der Waals surface area contributed by atoms with Crippen molar-refractivity contribution in [2.45, 2.75) is 58.9 Å². The van der Waals surface area contributed by atoms with Crippen LogP contribution in [0.25, 0.3) is 0 Å². The Morgan fingerprint density at radius 1 is 1.07 bits per heavy atom. The first kappa shape index (κ1) is 22.5. The number of guanidine groups is 1. The van der Waals surface area contributed by atoms with Gasteiger partial charge < -0.3 is 19.6 Å². The van der Waals surface area contributed by atoms with Crippen molar-refractivity contribution in [1.82, 2.24) is 30.2 Å². The molecule has 2 aliphatic rings. The molecule has 0 saturated carbocycles. The molecule has 9 heteroatoms. The molecule has 0 spiro atoms. The minimum absolute atomic E-state index is 0.165. The quantitative estimate of drug-likeness (QED) is 0.571. The van der Waals surface area contributed by atoms with Crippen LogP contribution in [0.2, 0.25) is 0 Å². The zero-order valence-corrected chi connectivity index (χ0v) is 19.0. The van der Waals surface area contributed by atoms with Crippen LogP contribution in [0.5, 0.6) is 0 Å². The fourth-order valence-corrected chi connectivity index (χ4v) is 3.75. The Morgan fingerprint density at radius 2 is 1.77 bits per heavy atom. The van der Waals surface area contributed by atoms with Gasteiger partial charge >= 0.3 is 0 Å². The van der Waals surface area contributed by atoms with Crippen molar-refractivity contribution >= 4 is 11.9 Å². The van der Waals surface area contributed by atoms with Gasteiger partial charge in [-0.3, -0.25) is 9.69 Å². The first-order valence-corrected chi connectivity index (χ1v) is 11.2. The highest BCUT2D eigenvalue weighted by atomic mass is 16.5. The van der Waals surface area contributed by atoms with Crippen LogP contribution in [-0.2, 0) is 16.8 Å². The first-order chi connectivity index (χ1) is 14.4. The van der Waals surface area contributed by atoms with Crippen LogP contribution in [0.4, 0.5) is 0 Å². The van der Waals surface area contributed by atoms with Crippen LogP contribution in [0.15, 0.2) is 9.52 Å². The number of rotatable bonds is 5. The summed E-state index contributed by atoms with van der Waals surface area (Å²) in [5.74, 6) is 2.36. The monoisotopic (exact) mass is 419 g/mol. The molecular formula is C21H37N7O2. The second-order valence-corrected chi connectivity index (χ2v) is 9.14. The van der Waals surface area contributed by atoms with Gasteiger partial charge in [-0.2, -0.15) is 4.98 Å². The van der Waals surface area contributed by atoms with Gasteiger partial charge in [0.05, 0.1) is 6.54 Å². The first-order valence-electron chi connectivity index (χ1n) is 11.2. The van der Waals surface area contributed by atoms with E-state index >= 15 is 0 Å². The van der Waals surface area contributed by atoms with E-state index in [4.69, 9.17) is 9.52 Å². The number of carbonyl (C=O) groups is 1. The molecule has 1 amide bonds. The molecule has 168 valence electrons. The van der Waals surface area contributed by atoms with E-state index in [1.54, 1.807) is 0 Å². The van der Waals surface area contributed by atoms with Crippen LogP contribution in [-0.4, -0.2) is 89.1 Å². The van der Waals surface area contributed by atoms with Crippen molar-refractivity contribution < 1.29 is 9.32 Å².